The van der Waals surface area contributed by atoms with Crippen molar-refractivity contribution in [1.82, 2.24) is 0 Å². The van der Waals surface area contributed by atoms with E-state index in [0.717, 1.165) is 16.6 Å². The zero-order valence-electron chi connectivity index (χ0n) is 16.9. The molecule has 2 aromatic rings. The molecular formula is C23H23BrClN3O. The van der Waals surface area contributed by atoms with E-state index in [1.165, 1.54) is 5.56 Å². The standard InChI is InChI=1S/C23H23BrClN3O/c1-14-12-23(2,3)28(4)21-11-20(25)15(9-19(14)21)8-16(13-26)22(29)27-18-7-5-6-17(24)10-18/h5-11,14H,12H2,1-4H3,(H,27,29)/b16-8+. The second-order valence-corrected chi connectivity index (χ2v) is 9.37. The molecule has 1 heterocycles. The molecule has 0 radical (unpaired) electrons. The minimum absolute atomic E-state index is 0.00368. The van der Waals surface area contributed by atoms with Crippen molar-refractivity contribution in [2.24, 2.45) is 0 Å². The molecule has 1 atom stereocenters. The molecular weight excluding hydrogens is 450 g/mol. The molecule has 0 fully saturated rings. The number of fused-ring (bicyclic) bond motifs is 1. The van der Waals surface area contributed by atoms with Crippen LogP contribution in [-0.2, 0) is 4.79 Å². The number of hydrogen-bond acceptors (Lipinski definition) is 3. The third-order valence-electron chi connectivity index (χ3n) is 5.50. The van der Waals surface area contributed by atoms with E-state index in [9.17, 15) is 10.1 Å². The topological polar surface area (TPSA) is 56.1 Å². The highest BCUT2D eigenvalue weighted by Crippen LogP contribution is 2.44. The average molecular weight is 473 g/mol. The molecule has 150 valence electrons. The molecule has 29 heavy (non-hydrogen) atoms. The molecule has 0 spiro atoms. The Kier molecular flexibility index (Phi) is 6.07. The van der Waals surface area contributed by atoms with Gasteiger partial charge in [-0.25, -0.2) is 0 Å². The lowest BCUT2D eigenvalue weighted by Crippen LogP contribution is -2.45. The van der Waals surface area contributed by atoms with Crippen LogP contribution in [0.1, 0.15) is 44.2 Å². The van der Waals surface area contributed by atoms with Crippen LogP contribution in [-0.4, -0.2) is 18.5 Å². The molecule has 1 amide bonds. The second-order valence-electron chi connectivity index (χ2n) is 8.04. The van der Waals surface area contributed by atoms with Crippen LogP contribution in [0.2, 0.25) is 5.02 Å². The second kappa shape index (κ2) is 8.22. The number of hydrogen-bond donors (Lipinski definition) is 1. The highest BCUT2D eigenvalue weighted by Gasteiger charge is 2.34. The molecule has 2 aromatic carbocycles. The Morgan fingerprint density at radius 3 is 2.76 bits per heavy atom. The summed E-state index contributed by atoms with van der Waals surface area (Å²) >= 11 is 9.91. The Balaban J connectivity index is 1.95. The normalized spacial score (nSPS) is 18.0. The lowest BCUT2D eigenvalue weighted by molar-refractivity contribution is -0.112. The number of carbonyl (C=O) groups is 1. The zero-order chi connectivity index (χ0) is 21.3. The van der Waals surface area contributed by atoms with Gasteiger partial charge in [0.2, 0.25) is 0 Å². The minimum atomic E-state index is -0.467. The lowest BCUT2D eigenvalue weighted by Gasteiger charge is -2.45. The van der Waals surface area contributed by atoms with Gasteiger partial charge in [0, 0.05) is 33.5 Å². The molecule has 1 N–H and O–H groups in total. The Labute approximate surface area is 185 Å². The van der Waals surface area contributed by atoms with Gasteiger partial charge in [-0.2, -0.15) is 5.26 Å². The predicted molar refractivity (Wildman–Crippen MR) is 123 cm³/mol. The molecule has 0 aromatic heterocycles. The monoisotopic (exact) mass is 471 g/mol. The number of amides is 1. The number of anilines is 2. The summed E-state index contributed by atoms with van der Waals surface area (Å²) in [6, 6.07) is 13.1. The average Bonchev–Trinajstić information content (AvgIpc) is 2.64. The first-order valence-electron chi connectivity index (χ1n) is 9.38. The van der Waals surface area contributed by atoms with Crippen LogP contribution in [0.25, 0.3) is 6.08 Å². The van der Waals surface area contributed by atoms with Gasteiger partial charge < -0.3 is 10.2 Å². The van der Waals surface area contributed by atoms with E-state index < -0.39 is 5.91 Å². The maximum Gasteiger partial charge on any atom is 0.266 e. The van der Waals surface area contributed by atoms with Gasteiger partial charge >= 0.3 is 0 Å². The molecule has 0 aliphatic carbocycles. The van der Waals surface area contributed by atoms with Crippen molar-refractivity contribution in [2.45, 2.75) is 38.6 Å². The molecule has 1 aliphatic heterocycles. The summed E-state index contributed by atoms with van der Waals surface area (Å²) in [5.41, 5.74) is 3.59. The Hall–Kier alpha value is -2.29. The van der Waals surface area contributed by atoms with Crippen LogP contribution in [0.15, 0.2) is 46.4 Å². The Morgan fingerprint density at radius 1 is 1.38 bits per heavy atom. The molecule has 1 aliphatic rings. The van der Waals surface area contributed by atoms with E-state index in [2.05, 4.69) is 54.0 Å². The first-order valence-corrected chi connectivity index (χ1v) is 10.6. The van der Waals surface area contributed by atoms with E-state index >= 15 is 0 Å². The largest absolute Gasteiger partial charge is 0.369 e. The van der Waals surface area contributed by atoms with Gasteiger partial charge in [-0.3, -0.25) is 4.79 Å². The van der Waals surface area contributed by atoms with Crippen LogP contribution < -0.4 is 10.2 Å². The van der Waals surface area contributed by atoms with E-state index in [1.807, 2.05) is 30.3 Å². The Morgan fingerprint density at radius 2 is 2.10 bits per heavy atom. The van der Waals surface area contributed by atoms with E-state index in [0.29, 0.717) is 22.2 Å². The smallest absolute Gasteiger partial charge is 0.266 e. The minimum Gasteiger partial charge on any atom is -0.369 e. The maximum absolute atomic E-state index is 12.6. The first-order chi connectivity index (χ1) is 13.6. The van der Waals surface area contributed by atoms with Crippen molar-refractivity contribution in [3.63, 3.8) is 0 Å². The summed E-state index contributed by atoms with van der Waals surface area (Å²) in [4.78, 5) is 14.8. The van der Waals surface area contributed by atoms with Crippen molar-refractivity contribution in [3.8, 4) is 6.07 Å². The summed E-state index contributed by atoms with van der Waals surface area (Å²) in [6.45, 7) is 6.63. The number of benzene rings is 2. The van der Waals surface area contributed by atoms with Crippen molar-refractivity contribution in [2.75, 3.05) is 17.3 Å². The lowest BCUT2D eigenvalue weighted by atomic mass is 9.80. The highest BCUT2D eigenvalue weighted by atomic mass is 79.9. The van der Waals surface area contributed by atoms with Gasteiger partial charge in [0.05, 0.1) is 0 Å². The van der Waals surface area contributed by atoms with Gasteiger partial charge in [0.25, 0.3) is 5.91 Å². The predicted octanol–water partition coefficient (Wildman–Crippen LogP) is 6.37. The van der Waals surface area contributed by atoms with Crippen molar-refractivity contribution in [3.05, 3.63) is 62.6 Å². The number of nitrogens with zero attached hydrogens (tertiary/aromatic N) is 2. The van der Waals surface area contributed by atoms with Crippen LogP contribution >= 0.6 is 27.5 Å². The van der Waals surface area contributed by atoms with Gasteiger partial charge in [-0.15, -0.1) is 0 Å². The van der Waals surface area contributed by atoms with Crippen LogP contribution in [0.4, 0.5) is 11.4 Å². The van der Waals surface area contributed by atoms with Gasteiger partial charge in [0.15, 0.2) is 0 Å². The van der Waals surface area contributed by atoms with Crippen LogP contribution in [0.5, 0.6) is 0 Å². The summed E-state index contributed by atoms with van der Waals surface area (Å²) in [5, 5.41) is 12.8. The SMILES string of the molecule is CC1CC(C)(C)N(C)c2cc(Cl)c(/C=C(\C#N)C(=O)Nc3cccc(Br)c3)cc21. The molecule has 6 heteroatoms. The first kappa shape index (κ1) is 21.4. The summed E-state index contributed by atoms with van der Waals surface area (Å²) < 4.78 is 0.844. The number of halogens is 2. The van der Waals surface area contributed by atoms with Crippen LogP contribution in [0.3, 0.4) is 0 Å². The number of rotatable bonds is 3. The quantitative estimate of drug-likeness (QED) is 0.417. The fourth-order valence-electron chi connectivity index (χ4n) is 3.78. The Bertz CT molecular complexity index is 1040. The van der Waals surface area contributed by atoms with E-state index in [-0.39, 0.29) is 11.1 Å². The number of nitriles is 1. The summed E-state index contributed by atoms with van der Waals surface area (Å²) in [5.74, 6) is -0.118. The molecule has 3 rings (SSSR count). The van der Waals surface area contributed by atoms with Gasteiger partial charge in [0.1, 0.15) is 11.6 Å². The fourth-order valence-corrected chi connectivity index (χ4v) is 4.40. The molecule has 0 saturated heterocycles. The maximum atomic E-state index is 12.6. The number of nitrogens with one attached hydrogen (secondary N) is 1. The molecule has 4 nitrogen and oxygen atoms in total. The molecule has 0 bridgehead atoms. The summed E-state index contributed by atoms with van der Waals surface area (Å²) in [6.07, 6.45) is 2.57. The van der Waals surface area contributed by atoms with Gasteiger partial charge in [-0.05, 0) is 73.7 Å². The zero-order valence-corrected chi connectivity index (χ0v) is 19.2. The highest BCUT2D eigenvalue weighted by molar-refractivity contribution is 9.10. The fraction of sp³-hybridized carbons (Fsp3) is 0.304. The van der Waals surface area contributed by atoms with Crippen molar-refractivity contribution >= 4 is 50.9 Å². The van der Waals surface area contributed by atoms with E-state index in [4.69, 9.17) is 11.6 Å². The summed E-state index contributed by atoms with van der Waals surface area (Å²) in [7, 11) is 2.07. The molecule has 0 saturated carbocycles. The third-order valence-corrected chi connectivity index (χ3v) is 6.32. The van der Waals surface area contributed by atoms with Crippen LogP contribution in [0, 0.1) is 11.3 Å². The van der Waals surface area contributed by atoms with Crippen molar-refractivity contribution in [1.29, 1.82) is 5.26 Å². The number of carbonyl (C=O) groups excluding carboxylic acids is 1. The van der Waals surface area contributed by atoms with Gasteiger partial charge in [-0.1, -0.05) is 40.5 Å². The van der Waals surface area contributed by atoms with Crippen molar-refractivity contribution < 1.29 is 4.79 Å². The third kappa shape index (κ3) is 4.49. The van der Waals surface area contributed by atoms with E-state index in [1.54, 1.807) is 18.2 Å². The molecule has 1 unspecified atom stereocenters.